The lowest BCUT2D eigenvalue weighted by atomic mass is 10.1. The van der Waals surface area contributed by atoms with Crippen LogP contribution in [0.4, 0.5) is 0 Å². The molecule has 1 atom stereocenters. The van der Waals surface area contributed by atoms with E-state index < -0.39 is 0 Å². The number of likely N-dealkylation sites (N-methyl/N-ethyl adjacent to an activating group) is 1. The molecule has 0 aromatic rings. The molecular weight excluding hydrogens is 140 g/mol. The monoisotopic (exact) mass is 157 g/mol. The predicted molar refractivity (Wildman–Crippen MR) is 44.3 cm³/mol. The molecule has 0 bridgehead atoms. The molecular formula is C8H17N2O+. The summed E-state index contributed by atoms with van der Waals surface area (Å²) in [4.78, 5) is 11.2. The van der Waals surface area contributed by atoms with E-state index in [-0.39, 0.29) is 6.04 Å². The minimum atomic E-state index is 0.156. The number of nitrogens with one attached hydrogen (secondary N) is 1. The lowest BCUT2D eigenvalue weighted by Gasteiger charge is -2.40. The first-order valence-corrected chi connectivity index (χ1v) is 4.08. The van der Waals surface area contributed by atoms with Gasteiger partial charge in [0.15, 0.2) is 11.8 Å². The maximum atomic E-state index is 11.2. The fraction of sp³-hybridized carbons (Fsp3) is 0.875. The van der Waals surface area contributed by atoms with Crippen LogP contribution in [0.25, 0.3) is 0 Å². The average Bonchev–Trinajstić information content (AvgIpc) is 1.85. The van der Waals surface area contributed by atoms with Gasteiger partial charge in [-0.25, -0.2) is 0 Å². The molecule has 3 heteroatoms. The SMILES string of the molecule is CC(=O)C1CNCC[N+]1(C)C. The highest BCUT2D eigenvalue weighted by molar-refractivity contribution is 5.80. The third kappa shape index (κ3) is 1.79. The Kier molecular flexibility index (Phi) is 2.30. The fourth-order valence-corrected chi connectivity index (χ4v) is 1.64. The molecule has 1 saturated heterocycles. The van der Waals surface area contributed by atoms with Crippen LogP contribution in [0.1, 0.15) is 6.92 Å². The van der Waals surface area contributed by atoms with E-state index in [1.54, 1.807) is 6.92 Å². The Balaban J connectivity index is 2.67. The third-order valence-electron chi connectivity index (χ3n) is 2.52. The molecule has 0 radical (unpaired) electrons. The smallest absolute Gasteiger partial charge is 0.188 e. The number of carbonyl (C=O) groups is 1. The normalized spacial score (nSPS) is 29.9. The van der Waals surface area contributed by atoms with Crippen molar-refractivity contribution in [2.75, 3.05) is 33.7 Å². The van der Waals surface area contributed by atoms with Gasteiger partial charge < -0.3 is 9.80 Å². The summed E-state index contributed by atoms with van der Waals surface area (Å²) < 4.78 is 0.836. The Morgan fingerprint density at radius 3 is 2.55 bits per heavy atom. The van der Waals surface area contributed by atoms with Gasteiger partial charge in [-0.05, 0) is 0 Å². The van der Waals surface area contributed by atoms with Crippen molar-refractivity contribution < 1.29 is 9.28 Å². The van der Waals surface area contributed by atoms with Crippen LogP contribution < -0.4 is 5.32 Å². The van der Waals surface area contributed by atoms with E-state index in [1.807, 2.05) is 0 Å². The molecule has 1 aliphatic heterocycles. The Labute approximate surface area is 68.0 Å². The fourth-order valence-electron chi connectivity index (χ4n) is 1.64. The Morgan fingerprint density at radius 1 is 1.55 bits per heavy atom. The lowest BCUT2D eigenvalue weighted by molar-refractivity contribution is -0.907. The maximum Gasteiger partial charge on any atom is 0.188 e. The summed E-state index contributed by atoms with van der Waals surface area (Å²) in [6, 6.07) is 0.156. The molecule has 0 aromatic carbocycles. The van der Waals surface area contributed by atoms with Crippen LogP contribution in [0.2, 0.25) is 0 Å². The predicted octanol–water partition coefficient (Wildman–Crippen LogP) is -0.376. The van der Waals surface area contributed by atoms with Crippen molar-refractivity contribution in [1.82, 2.24) is 5.32 Å². The molecule has 1 unspecified atom stereocenters. The van der Waals surface area contributed by atoms with E-state index in [4.69, 9.17) is 0 Å². The number of nitrogens with zero attached hydrogens (tertiary/aromatic N) is 1. The molecule has 11 heavy (non-hydrogen) atoms. The lowest BCUT2D eigenvalue weighted by Crippen LogP contribution is -2.62. The molecule has 0 aromatic heterocycles. The van der Waals surface area contributed by atoms with Gasteiger partial charge in [0.2, 0.25) is 0 Å². The first kappa shape index (κ1) is 8.68. The van der Waals surface area contributed by atoms with Gasteiger partial charge in [-0.2, -0.15) is 0 Å². The Bertz CT molecular complexity index is 165. The zero-order chi connectivity index (χ0) is 8.48. The van der Waals surface area contributed by atoms with Crippen molar-refractivity contribution in [3.63, 3.8) is 0 Å². The van der Waals surface area contributed by atoms with E-state index in [9.17, 15) is 4.79 Å². The van der Waals surface area contributed by atoms with Gasteiger partial charge in [0.1, 0.15) is 0 Å². The molecule has 0 amide bonds. The number of Topliss-reactive ketones (excluding diaryl/α,β-unsaturated/α-hetero) is 1. The van der Waals surface area contributed by atoms with E-state index in [0.717, 1.165) is 24.1 Å². The van der Waals surface area contributed by atoms with Crippen LogP contribution in [-0.4, -0.2) is 50.0 Å². The molecule has 1 aliphatic rings. The maximum absolute atomic E-state index is 11.2. The van der Waals surface area contributed by atoms with E-state index in [1.165, 1.54) is 0 Å². The average molecular weight is 157 g/mol. The zero-order valence-electron chi connectivity index (χ0n) is 7.55. The van der Waals surface area contributed by atoms with Crippen molar-refractivity contribution in [3.05, 3.63) is 0 Å². The second-order valence-electron chi connectivity index (χ2n) is 3.83. The molecule has 0 aliphatic carbocycles. The van der Waals surface area contributed by atoms with Gasteiger partial charge in [-0.15, -0.1) is 0 Å². The van der Waals surface area contributed by atoms with Crippen molar-refractivity contribution >= 4 is 5.78 Å². The van der Waals surface area contributed by atoms with Gasteiger partial charge in [-0.1, -0.05) is 0 Å². The number of hydrogen-bond donors (Lipinski definition) is 1. The van der Waals surface area contributed by atoms with Crippen molar-refractivity contribution in [2.45, 2.75) is 13.0 Å². The minimum absolute atomic E-state index is 0.156. The van der Waals surface area contributed by atoms with Crippen LogP contribution in [-0.2, 0) is 4.79 Å². The number of hydrogen-bond acceptors (Lipinski definition) is 2. The summed E-state index contributed by atoms with van der Waals surface area (Å²) in [5.41, 5.74) is 0. The van der Waals surface area contributed by atoms with Gasteiger partial charge in [0.05, 0.1) is 27.2 Å². The summed E-state index contributed by atoms with van der Waals surface area (Å²) >= 11 is 0. The summed E-state index contributed by atoms with van der Waals surface area (Å²) in [6.45, 7) is 4.58. The van der Waals surface area contributed by atoms with Gasteiger partial charge in [-0.3, -0.25) is 4.79 Å². The number of quaternary nitrogens is 1. The van der Waals surface area contributed by atoms with Crippen molar-refractivity contribution in [3.8, 4) is 0 Å². The first-order chi connectivity index (χ1) is 5.04. The van der Waals surface area contributed by atoms with Crippen LogP contribution in [0.3, 0.4) is 0 Å². The minimum Gasteiger partial charge on any atom is -0.318 e. The number of piperazine rings is 1. The van der Waals surface area contributed by atoms with Crippen molar-refractivity contribution in [2.24, 2.45) is 0 Å². The van der Waals surface area contributed by atoms with Gasteiger partial charge >= 0.3 is 0 Å². The standard InChI is InChI=1S/C8H17N2O/c1-7(11)8-6-9-4-5-10(8,2)3/h8-9H,4-6H2,1-3H3/q+1. The highest BCUT2D eigenvalue weighted by Gasteiger charge is 2.34. The molecule has 0 spiro atoms. The second-order valence-corrected chi connectivity index (χ2v) is 3.83. The Morgan fingerprint density at radius 2 is 2.18 bits per heavy atom. The zero-order valence-corrected chi connectivity index (χ0v) is 7.55. The highest BCUT2D eigenvalue weighted by atomic mass is 16.1. The molecule has 1 heterocycles. The van der Waals surface area contributed by atoms with E-state index in [2.05, 4.69) is 19.4 Å². The van der Waals surface area contributed by atoms with Crippen molar-refractivity contribution in [1.29, 1.82) is 0 Å². The Hall–Kier alpha value is -0.410. The van der Waals surface area contributed by atoms with Gasteiger partial charge in [0.25, 0.3) is 0 Å². The molecule has 3 nitrogen and oxygen atoms in total. The molecule has 1 fully saturated rings. The molecule has 1 rings (SSSR count). The number of ketones is 1. The molecule has 64 valence electrons. The third-order valence-corrected chi connectivity index (χ3v) is 2.52. The summed E-state index contributed by atoms with van der Waals surface area (Å²) in [6.07, 6.45) is 0. The van der Waals surface area contributed by atoms with Crippen LogP contribution in [0.15, 0.2) is 0 Å². The van der Waals surface area contributed by atoms with Crippen LogP contribution in [0.5, 0.6) is 0 Å². The van der Waals surface area contributed by atoms with Crippen LogP contribution >= 0.6 is 0 Å². The first-order valence-electron chi connectivity index (χ1n) is 4.08. The van der Waals surface area contributed by atoms with Gasteiger partial charge in [0, 0.05) is 13.5 Å². The van der Waals surface area contributed by atoms with Crippen LogP contribution in [0, 0.1) is 0 Å². The summed E-state index contributed by atoms with van der Waals surface area (Å²) in [5.74, 6) is 0.294. The van der Waals surface area contributed by atoms with E-state index >= 15 is 0 Å². The molecule has 0 saturated carbocycles. The molecule has 1 N–H and O–H groups in total. The highest BCUT2D eigenvalue weighted by Crippen LogP contribution is 2.09. The second kappa shape index (κ2) is 2.91. The summed E-state index contributed by atoms with van der Waals surface area (Å²) in [7, 11) is 4.24. The largest absolute Gasteiger partial charge is 0.318 e. The van der Waals surface area contributed by atoms with E-state index in [0.29, 0.717) is 5.78 Å². The number of carbonyl (C=O) groups excluding carboxylic acids is 1. The number of rotatable bonds is 1. The quantitative estimate of drug-likeness (QED) is 0.526. The topological polar surface area (TPSA) is 29.1 Å². The summed E-state index contributed by atoms with van der Waals surface area (Å²) in [5, 5.41) is 3.24.